The molecule has 0 bridgehead atoms. The van der Waals surface area contributed by atoms with Crippen LogP contribution in [-0.4, -0.2) is 9.13 Å². The van der Waals surface area contributed by atoms with Crippen molar-refractivity contribution in [3.05, 3.63) is 108 Å². The number of hydrogen-bond donors (Lipinski definition) is 0. The van der Waals surface area contributed by atoms with Gasteiger partial charge in [-0.25, -0.2) is 0 Å². The van der Waals surface area contributed by atoms with Crippen molar-refractivity contribution in [3.8, 4) is 11.4 Å². The first-order valence-corrected chi connectivity index (χ1v) is 22.8. The van der Waals surface area contributed by atoms with Gasteiger partial charge in [-0.05, 0) is 0 Å². The van der Waals surface area contributed by atoms with Crippen molar-refractivity contribution in [2.24, 2.45) is 0 Å². The van der Waals surface area contributed by atoms with Crippen LogP contribution in [0, 0.1) is 23.3 Å². The molecule has 10 aliphatic heterocycles. The molecule has 10 fully saturated rings. The molecule has 14 rings (SSSR count). The van der Waals surface area contributed by atoms with Crippen LogP contribution in [0.15, 0.2) is 73.3 Å². The summed E-state index contributed by atoms with van der Waals surface area (Å²) >= 11 is 0. The third-order valence-electron chi connectivity index (χ3n) is 25.1. The molecule has 37 heavy (non-hydrogen) atoms. The second kappa shape index (κ2) is 2.42. The Kier molecular flexibility index (Phi) is 1.12. The minimum atomic E-state index is -4.42. The average Bonchev–Trinajstić information content (AvgIpc) is 3.70. The second-order valence-electron chi connectivity index (χ2n) is 18.6. The summed E-state index contributed by atoms with van der Waals surface area (Å²) in [5.74, 6) is -2.20. The molecule has 10 saturated heterocycles. The molecule has 4 atom stereocenters. The van der Waals surface area contributed by atoms with E-state index in [1.54, 1.807) is 0 Å². The van der Waals surface area contributed by atoms with E-state index in [-0.39, 0.29) is 0 Å². The molecule has 10 aliphatic rings. The van der Waals surface area contributed by atoms with Gasteiger partial charge in [-0.1, -0.05) is 0 Å². The zero-order valence-corrected chi connectivity index (χ0v) is 21.0. The number of benzene rings is 2. The molecule has 1 spiro atoms. The molecule has 2 aromatic heterocycles. The first-order valence-electron chi connectivity index (χ1n) is 14.0. The van der Waals surface area contributed by atoms with Crippen LogP contribution in [0.25, 0.3) is 11.4 Å². The van der Waals surface area contributed by atoms with Gasteiger partial charge in [0.25, 0.3) is 0 Å². The fourth-order valence-electron chi connectivity index (χ4n) is 29.2. The van der Waals surface area contributed by atoms with Gasteiger partial charge in [0, 0.05) is 0 Å². The van der Waals surface area contributed by atoms with E-state index in [1.165, 1.54) is 35.4 Å². The third-order valence-corrected chi connectivity index (χ3v) is 85.7. The van der Waals surface area contributed by atoms with Gasteiger partial charge in [-0.3, -0.25) is 0 Å². The molecule has 12 heterocycles. The molecule has 4 unspecified atom stereocenters. The predicted octanol–water partition coefficient (Wildman–Crippen LogP) is 7.73. The number of aromatic nitrogens is 2. The normalized spacial score (nSPS) is 63.1. The van der Waals surface area contributed by atoms with Crippen LogP contribution in [0.3, 0.4) is 0 Å². The van der Waals surface area contributed by atoms with Crippen LogP contribution in [0.5, 0.6) is 0 Å². The summed E-state index contributed by atoms with van der Waals surface area (Å²) < 4.78 is 69.2. The van der Waals surface area contributed by atoms with Gasteiger partial charge in [0.05, 0.1) is 0 Å². The van der Waals surface area contributed by atoms with E-state index in [1.807, 2.05) is 21.5 Å². The maximum atomic E-state index is 14.7. The molecule has 0 N–H and O–H groups in total. The Morgan fingerprint density at radius 1 is 0.568 bits per heavy atom. The van der Waals surface area contributed by atoms with Crippen molar-refractivity contribution in [1.82, 2.24) is 9.13 Å². The monoisotopic (exact) mass is 532 g/mol. The van der Waals surface area contributed by atoms with E-state index in [0.29, 0.717) is 18.8 Å². The minimum absolute atomic E-state index is 0.318. The Bertz CT molecular complexity index is 2160. The standard InChI is InChI=1S/C25H15F4N2.C5H5.Ti/c26-18-4-6-24(22(28)12-18)30-10-8-16(14-30)20-2-1-3-21(20)17-9-11-31(15-17)25-7-5-19(27)13-23(25)29;1-2-4-5-3-1;/h1-15H;1-5H;. The topological polar surface area (TPSA) is 9.86 Å². The van der Waals surface area contributed by atoms with Gasteiger partial charge in [-0.15, -0.1) is 0 Å². The molecule has 0 radical (unpaired) electrons. The second-order valence-corrected chi connectivity index (χ2v) is 51.5. The number of rotatable bonds is 4. The zero-order valence-electron chi connectivity index (χ0n) is 19.5. The summed E-state index contributed by atoms with van der Waals surface area (Å²) in [6.45, 7) is 0. The van der Waals surface area contributed by atoms with Crippen molar-refractivity contribution < 1.29 is 26.5 Å². The molecule has 4 aromatic rings. The Labute approximate surface area is 195 Å². The van der Waals surface area contributed by atoms with E-state index < -0.39 is 32.2 Å². The molecule has 0 saturated carbocycles. The zero-order chi connectivity index (χ0) is 24.2. The van der Waals surface area contributed by atoms with Gasteiger partial charge in [0.15, 0.2) is 0 Å². The summed E-state index contributed by atoms with van der Waals surface area (Å²) in [6, 6.07) is 12.1. The Balaban J connectivity index is 1.04. The van der Waals surface area contributed by atoms with E-state index in [0.717, 1.165) is 45.9 Å². The average molecular weight is 532 g/mol. The summed E-state index contributed by atoms with van der Waals surface area (Å²) in [4.78, 5) is 0. The van der Waals surface area contributed by atoms with Crippen LogP contribution in [0.4, 0.5) is 17.6 Å². The van der Waals surface area contributed by atoms with Crippen LogP contribution < -0.4 is 0 Å². The van der Waals surface area contributed by atoms with E-state index in [2.05, 4.69) is 24.5 Å². The summed E-state index contributed by atoms with van der Waals surface area (Å²) in [5.41, 5.74) is 3.65. The van der Waals surface area contributed by atoms with Gasteiger partial charge in [-0.2, -0.15) is 0 Å². The van der Waals surface area contributed by atoms with Crippen molar-refractivity contribution in [2.45, 2.75) is 41.2 Å². The fraction of sp³-hybridized carbons (Fsp3) is 0.333. The molecular formula is C30H20F4N2Ti. The molecule has 2 nitrogen and oxygen atoms in total. The Hall–Kier alpha value is -2.57. The van der Waals surface area contributed by atoms with E-state index >= 15 is 0 Å². The summed E-state index contributed by atoms with van der Waals surface area (Å²) in [6.07, 6.45) is 8.33. The summed E-state index contributed by atoms with van der Waals surface area (Å²) in [5, 5.41) is 0. The van der Waals surface area contributed by atoms with Crippen molar-refractivity contribution >= 4 is 0 Å². The third kappa shape index (κ3) is 0.397. The van der Waals surface area contributed by atoms with Crippen molar-refractivity contribution in [1.29, 1.82) is 0 Å². The number of fused-ring (bicyclic) bond motifs is 10. The predicted molar refractivity (Wildman–Crippen MR) is 125 cm³/mol. The van der Waals surface area contributed by atoms with Gasteiger partial charge < -0.3 is 0 Å². The van der Waals surface area contributed by atoms with Crippen LogP contribution in [0.2, 0.25) is 33.8 Å². The van der Waals surface area contributed by atoms with Crippen LogP contribution in [0.1, 0.15) is 11.1 Å². The molecule has 0 amide bonds. The SMILES string of the molecule is Fc1ccc(-n2ccc([C]34[CH]5[CH]6[CH]7[C]3(c3ccn(-c8ccc(F)cc8F)c3)[Ti]6574389%10[CH]4[CH]3[CH]8[CH]9[CH]4%10)c2)c(F)c1. The quantitative estimate of drug-likeness (QED) is 0.188. The van der Waals surface area contributed by atoms with Crippen molar-refractivity contribution in [2.75, 3.05) is 0 Å². The molecule has 0 aliphatic carbocycles. The molecule has 2 aromatic carbocycles. The Morgan fingerprint density at radius 3 is 1.35 bits per heavy atom. The molecule has 7 heteroatoms. The fourth-order valence-corrected chi connectivity index (χ4v) is 154. The van der Waals surface area contributed by atoms with Gasteiger partial charge in [0.1, 0.15) is 0 Å². The number of halogens is 4. The number of hydrogen-bond acceptors (Lipinski definition) is 0. The Morgan fingerprint density at radius 2 is 1.00 bits per heavy atom. The van der Waals surface area contributed by atoms with Crippen molar-refractivity contribution in [3.63, 3.8) is 0 Å². The van der Waals surface area contributed by atoms with Crippen LogP contribution >= 0.6 is 0 Å². The van der Waals surface area contributed by atoms with Crippen LogP contribution in [-0.2, 0) is 16.3 Å². The first-order chi connectivity index (χ1) is 17.7. The molecular weight excluding hydrogens is 512 g/mol. The van der Waals surface area contributed by atoms with E-state index in [4.69, 9.17) is 0 Å². The summed E-state index contributed by atoms with van der Waals surface area (Å²) in [7, 11) is -4.42. The van der Waals surface area contributed by atoms with E-state index in [9.17, 15) is 17.6 Å². The van der Waals surface area contributed by atoms with Gasteiger partial charge >= 0.3 is 196 Å². The number of nitrogens with zero attached hydrogens (tertiary/aromatic N) is 2. The maximum absolute atomic E-state index is 14.7. The first kappa shape index (κ1) is 17.1. The van der Waals surface area contributed by atoms with Gasteiger partial charge in [0.2, 0.25) is 0 Å². The molecule has 182 valence electrons.